The van der Waals surface area contributed by atoms with Crippen molar-refractivity contribution in [1.82, 2.24) is 9.97 Å². The second-order valence-electron chi connectivity index (χ2n) is 5.12. The van der Waals surface area contributed by atoms with Crippen LogP contribution in [0.25, 0.3) is 21.9 Å². The number of nitrogens with zero attached hydrogens (tertiary/aromatic N) is 1. The highest BCUT2D eigenvalue weighted by atomic mass is 16.3. The average Bonchev–Trinajstić information content (AvgIpc) is 3.10. The van der Waals surface area contributed by atoms with Crippen molar-refractivity contribution in [3.05, 3.63) is 77.7 Å². The zero-order valence-corrected chi connectivity index (χ0v) is 12.1. The van der Waals surface area contributed by atoms with E-state index in [4.69, 9.17) is 4.42 Å². The molecule has 0 saturated heterocycles. The van der Waals surface area contributed by atoms with Crippen LogP contribution in [0.4, 0.5) is 11.5 Å². The van der Waals surface area contributed by atoms with Gasteiger partial charge in [0.05, 0.1) is 17.9 Å². The van der Waals surface area contributed by atoms with Crippen molar-refractivity contribution in [2.45, 2.75) is 0 Å². The van der Waals surface area contributed by atoms with Gasteiger partial charge in [0.1, 0.15) is 5.82 Å². The third-order valence-corrected chi connectivity index (χ3v) is 3.68. The number of para-hydroxylation sites is 1. The number of anilines is 2. The molecule has 0 spiro atoms. The van der Waals surface area contributed by atoms with Crippen LogP contribution < -0.4 is 10.9 Å². The molecule has 0 bridgehead atoms. The van der Waals surface area contributed by atoms with Gasteiger partial charge < -0.3 is 14.7 Å². The summed E-state index contributed by atoms with van der Waals surface area (Å²) in [6.07, 6.45) is 6.63. The Balaban J connectivity index is 1.94. The fourth-order valence-corrected chi connectivity index (χ4v) is 2.60. The smallest absolute Gasteiger partial charge is 0.259 e. The van der Waals surface area contributed by atoms with Crippen LogP contribution in [0.15, 0.2) is 76.6 Å². The maximum absolute atomic E-state index is 12.4. The average molecular weight is 303 g/mol. The van der Waals surface area contributed by atoms with Gasteiger partial charge in [0.15, 0.2) is 0 Å². The number of aromatic amines is 1. The summed E-state index contributed by atoms with van der Waals surface area (Å²) in [6, 6.07) is 13.4. The van der Waals surface area contributed by atoms with Crippen molar-refractivity contribution >= 4 is 22.3 Å². The van der Waals surface area contributed by atoms with Crippen LogP contribution in [-0.4, -0.2) is 9.97 Å². The van der Waals surface area contributed by atoms with Gasteiger partial charge >= 0.3 is 0 Å². The van der Waals surface area contributed by atoms with Crippen LogP contribution in [0.1, 0.15) is 0 Å². The lowest BCUT2D eigenvalue weighted by Crippen LogP contribution is -2.09. The lowest BCUT2D eigenvalue weighted by Gasteiger charge is -2.10. The largest absolute Gasteiger partial charge is 0.472 e. The van der Waals surface area contributed by atoms with Crippen molar-refractivity contribution in [1.29, 1.82) is 0 Å². The van der Waals surface area contributed by atoms with Crippen LogP contribution in [-0.2, 0) is 0 Å². The molecule has 2 N–H and O–H groups in total. The van der Waals surface area contributed by atoms with Crippen LogP contribution in [0, 0.1) is 0 Å². The van der Waals surface area contributed by atoms with E-state index >= 15 is 0 Å². The number of benzene rings is 1. The van der Waals surface area contributed by atoms with Crippen LogP contribution in [0.3, 0.4) is 0 Å². The first-order chi connectivity index (χ1) is 11.3. The Morgan fingerprint density at radius 1 is 1.09 bits per heavy atom. The summed E-state index contributed by atoms with van der Waals surface area (Å²) in [5, 5.41) is 4.55. The summed E-state index contributed by atoms with van der Waals surface area (Å²) in [5.41, 5.74) is 2.44. The molecule has 0 saturated carbocycles. The molecule has 5 nitrogen and oxygen atoms in total. The van der Waals surface area contributed by atoms with Gasteiger partial charge in [-0.15, -0.1) is 0 Å². The zero-order chi connectivity index (χ0) is 15.6. The molecule has 0 radical (unpaired) electrons. The van der Waals surface area contributed by atoms with Crippen molar-refractivity contribution in [3.8, 4) is 11.1 Å². The van der Waals surface area contributed by atoms with Gasteiger partial charge in [0, 0.05) is 34.6 Å². The molecule has 0 aliphatic heterocycles. The Kier molecular flexibility index (Phi) is 3.16. The summed E-state index contributed by atoms with van der Waals surface area (Å²) in [7, 11) is 0. The zero-order valence-electron chi connectivity index (χ0n) is 12.1. The van der Waals surface area contributed by atoms with Crippen molar-refractivity contribution < 1.29 is 4.42 Å². The van der Waals surface area contributed by atoms with Crippen molar-refractivity contribution in [3.63, 3.8) is 0 Å². The highest BCUT2D eigenvalue weighted by Gasteiger charge is 2.13. The van der Waals surface area contributed by atoms with Gasteiger partial charge in [-0.1, -0.05) is 18.2 Å². The molecule has 3 aromatic heterocycles. The molecule has 0 atom stereocenters. The van der Waals surface area contributed by atoms with E-state index < -0.39 is 0 Å². The fraction of sp³-hybridized carbons (Fsp3) is 0. The van der Waals surface area contributed by atoms with Crippen LogP contribution in [0.5, 0.6) is 0 Å². The molecule has 1 aromatic carbocycles. The highest BCUT2D eigenvalue weighted by Crippen LogP contribution is 2.30. The van der Waals surface area contributed by atoms with E-state index in [1.807, 2.05) is 42.5 Å². The maximum Gasteiger partial charge on any atom is 0.259 e. The summed E-state index contributed by atoms with van der Waals surface area (Å²) < 4.78 is 5.14. The van der Waals surface area contributed by atoms with E-state index in [2.05, 4.69) is 15.3 Å². The molecule has 4 aromatic rings. The lowest BCUT2D eigenvalue weighted by molar-refractivity contribution is 0.568. The number of H-pyrrole nitrogens is 1. The first-order valence-corrected chi connectivity index (χ1v) is 7.18. The number of fused-ring (bicyclic) bond motifs is 1. The predicted molar refractivity (Wildman–Crippen MR) is 89.8 cm³/mol. The van der Waals surface area contributed by atoms with Gasteiger partial charge in [-0.05, 0) is 24.3 Å². The second-order valence-corrected chi connectivity index (χ2v) is 5.12. The molecule has 0 aliphatic carbocycles. The lowest BCUT2D eigenvalue weighted by atomic mass is 10.0. The predicted octanol–water partition coefficient (Wildman–Crippen LogP) is 3.93. The van der Waals surface area contributed by atoms with Gasteiger partial charge in [-0.25, -0.2) is 4.98 Å². The quantitative estimate of drug-likeness (QED) is 0.601. The molecular formula is C18H13N3O2. The number of hydrogen-bond acceptors (Lipinski definition) is 4. The van der Waals surface area contributed by atoms with Crippen LogP contribution >= 0.6 is 0 Å². The third-order valence-electron chi connectivity index (χ3n) is 3.68. The minimum Gasteiger partial charge on any atom is -0.472 e. The molecular weight excluding hydrogens is 290 g/mol. The summed E-state index contributed by atoms with van der Waals surface area (Å²) in [5.74, 6) is 0.528. The molecule has 5 heteroatoms. The Morgan fingerprint density at radius 2 is 1.96 bits per heavy atom. The van der Waals surface area contributed by atoms with Crippen molar-refractivity contribution in [2.24, 2.45) is 0 Å². The molecule has 0 fully saturated rings. The molecule has 3 heterocycles. The van der Waals surface area contributed by atoms with Gasteiger partial charge in [0.25, 0.3) is 5.56 Å². The fourth-order valence-electron chi connectivity index (χ4n) is 2.60. The maximum atomic E-state index is 12.4. The van der Waals surface area contributed by atoms with E-state index in [1.165, 1.54) is 0 Å². The van der Waals surface area contributed by atoms with E-state index in [1.54, 1.807) is 24.9 Å². The molecule has 112 valence electrons. The minimum absolute atomic E-state index is 0.182. The molecule has 23 heavy (non-hydrogen) atoms. The number of rotatable bonds is 3. The Labute approximate surface area is 131 Å². The number of pyridine rings is 2. The number of aromatic nitrogens is 2. The summed E-state index contributed by atoms with van der Waals surface area (Å²) >= 11 is 0. The topological polar surface area (TPSA) is 70.9 Å². The monoisotopic (exact) mass is 303 g/mol. The standard InChI is InChI=1S/C18H13N3O2/c22-18-16-14(6-8-19-18)15(12-7-9-23-11-12)10-20-17(16)21-13-4-2-1-3-5-13/h1-11H,(H,19,22)(H,20,21). The minimum atomic E-state index is -0.182. The first-order valence-electron chi connectivity index (χ1n) is 7.18. The SMILES string of the molecule is O=c1[nH]ccc2c(-c3ccoc3)cnc(Nc3ccccc3)c12. The number of nitrogens with one attached hydrogen (secondary N) is 2. The molecule has 0 amide bonds. The van der Waals surface area contributed by atoms with Crippen LogP contribution in [0.2, 0.25) is 0 Å². The Hall–Kier alpha value is -3.34. The molecule has 4 rings (SSSR count). The summed E-state index contributed by atoms with van der Waals surface area (Å²) in [4.78, 5) is 19.5. The van der Waals surface area contributed by atoms with Gasteiger partial charge in [0.2, 0.25) is 0 Å². The van der Waals surface area contributed by atoms with Crippen molar-refractivity contribution in [2.75, 3.05) is 5.32 Å². The van der Waals surface area contributed by atoms with E-state index in [0.29, 0.717) is 11.2 Å². The highest BCUT2D eigenvalue weighted by molar-refractivity contribution is 6.01. The number of furan rings is 1. The van der Waals surface area contributed by atoms with E-state index in [9.17, 15) is 4.79 Å². The van der Waals surface area contributed by atoms with E-state index in [0.717, 1.165) is 22.2 Å². The summed E-state index contributed by atoms with van der Waals surface area (Å²) in [6.45, 7) is 0. The Bertz CT molecular complexity index is 1010. The second kappa shape index (κ2) is 5.46. The first kappa shape index (κ1) is 13.3. The molecule has 0 aliphatic rings. The number of hydrogen-bond donors (Lipinski definition) is 2. The normalized spacial score (nSPS) is 10.8. The molecule has 0 unspecified atom stereocenters. The third kappa shape index (κ3) is 2.38. The van der Waals surface area contributed by atoms with E-state index in [-0.39, 0.29) is 5.56 Å². The van der Waals surface area contributed by atoms with Gasteiger partial charge in [-0.2, -0.15) is 0 Å². The van der Waals surface area contributed by atoms with Gasteiger partial charge in [-0.3, -0.25) is 4.79 Å². The Morgan fingerprint density at radius 3 is 2.74 bits per heavy atom.